The van der Waals surface area contributed by atoms with E-state index in [1.807, 2.05) is 0 Å². The number of thiophene rings is 2. The molecule has 61 heavy (non-hydrogen) atoms. The number of likely N-dealkylation sites (tertiary alicyclic amines) is 1. The lowest BCUT2D eigenvalue weighted by Crippen LogP contribution is -2.49. The summed E-state index contributed by atoms with van der Waals surface area (Å²) in [6, 6.07) is 11.7. The van der Waals surface area contributed by atoms with Gasteiger partial charge in [-0.05, 0) is 110 Å². The van der Waals surface area contributed by atoms with E-state index < -0.39 is 73.5 Å². The number of aliphatic carboxylic acids is 2. The minimum Gasteiger partial charge on any atom is -0.480 e. The van der Waals surface area contributed by atoms with Crippen LogP contribution >= 0.6 is 22.7 Å². The number of piperidine rings is 2. The van der Waals surface area contributed by atoms with Crippen LogP contribution in [0.1, 0.15) is 43.7 Å². The standard InChI is InChI=1S/C20H21F3N2O5S2.C18H19F3N2O4S2/c1-12(26)25-10-8-14(9-11-25)18(19(27)28)24-32(29,30)17-7-6-16(31-17)13-2-4-15(5-3-13)20(21,22)23;19-18(20,21)13-3-1-11(2-4-13)14-5-6-15(28-14)29(26,27)23-16(17(24)25)12-7-9-22-10-8-12/h2-7,14,18,24H,8-11H2,1H3,(H,27,28);1-6,12,16,22-23H,7-10H2,(H,24,25)/t18-;16-/m11/s1. The quantitative estimate of drug-likeness (QED) is 0.0967. The second kappa shape index (κ2) is 19.3. The average molecular weight is 939 g/mol. The summed E-state index contributed by atoms with van der Waals surface area (Å²) in [6.07, 6.45) is -7.15. The van der Waals surface area contributed by atoms with Gasteiger partial charge in [0, 0.05) is 29.8 Å². The maximum absolute atomic E-state index is 12.8. The van der Waals surface area contributed by atoms with Crippen molar-refractivity contribution in [1.82, 2.24) is 19.7 Å². The smallest absolute Gasteiger partial charge is 0.416 e. The molecule has 5 N–H and O–H groups in total. The van der Waals surface area contributed by atoms with Crippen LogP contribution in [0, 0.1) is 11.8 Å². The van der Waals surface area contributed by atoms with E-state index >= 15 is 0 Å². The van der Waals surface area contributed by atoms with Gasteiger partial charge >= 0.3 is 24.3 Å². The molecule has 6 rings (SSSR count). The molecule has 4 aromatic rings. The molecule has 0 saturated carbocycles. The van der Waals surface area contributed by atoms with Crippen LogP contribution in [-0.4, -0.2) is 88.1 Å². The Morgan fingerprint density at radius 1 is 0.639 bits per heavy atom. The van der Waals surface area contributed by atoms with Crippen molar-refractivity contribution in [1.29, 1.82) is 0 Å². The largest absolute Gasteiger partial charge is 0.480 e. The predicted octanol–water partition coefficient (Wildman–Crippen LogP) is 6.59. The molecule has 2 fully saturated rings. The van der Waals surface area contributed by atoms with Crippen molar-refractivity contribution < 1.29 is 67.8 Å². The fourth-order valence-corrected chi connectivity index (χ4v) is 11.9. The molecule has 2 atom stereocenters. The topological polar surface area (TPSA) is 199 Å². The van der Waals surface area contributed by atoms with Crippen molar-refractivity contribution >= 4 is 60.6 Å². The number of carboxylic acid groups (broad SMARTS) is 2. The SMILES string of the molecule is CC(=O)N1CCC([C@@H](NS(=O)(=O)c2ccc(-c3ccc(C(F)(F)F)cc3)s2)C(=O)O)CC1.O=C(O)[C@H](NS(=O)(=O)c1ccc(-c2ccc(C(F)(F)F)cc2)s1)C1CCNCC1. The Kier molecular flexibility index (Phi) is 15.1. The summed E-state index contributed by atoms with van der Waals surface area (Å²) in [5, 5.41) is 22.2. The number of nitrogens with zero attached hydrogens (tertiary/aromatic N) is 1. The first-order valence-electron chi connectivity index (χ1n) is 18.5. The Bertz CT molecular complexity index is 2390. The number of alkyl halides is 6. The van der Waals surface area contributed by atoms with Crippen LogP contribution in [0.3, 0.4) is 0 Å². The van der Waals surface area contributed by atoms with Crippen LogP contribution in [-0.2, 0) is 46.8 Å². The zero-order valence-corrected chi connectivity index (χ0v) is 35.3. The number of carboxylic acids is 2. The van der Waals surface area contributed by atoms with Gasteiger partial charge in [-0.2, -0.15) is 35.8 Å². The minimum atomic E-state index is -4.47. The van der Waals surface area contributed by atoms with Crippen LogP contribution in [0.25, 0.3) is 20.9 Å². The molecule has 0 unspecified atom stereocenters. The molecule has 13 nitrogen and oxygen atoms in total. The van der Waals surface area contributed by atoms with Crippen LogP contribution in [0.15, 0.2) is 81.2 Å². The molecule has 2 aromatic carbocycles. The van der Waals surface area contributed by atoms with Gasteiger partial charge in [0.2, 0.25) is 5.91 Å². The molecule has 2 aliphatic rings. The van der Waals surface area contributed by atoms with E-state index in [2.05, 4.69) is 14.8 Å². The van der Waals surface area contributed by atoms with Gasteiger partial charge in [-0.25, -0.2) is 16.8 Å². The summed E-state index contributed by atoms with van der Waals surface area (Å²) in [5.74, 6) is -3.47. The van der Waals surface area contributed by atoms with Crippen LogP contribution < -0.4 is 14.8 Å². The summed E-state index contributed by atoms with van der Waals surface area (Å²) in [6.45, 7) is 3.36. The Labute approximate surface area is 354 Å². The second-order valence-corrected chi connectivity index (χ2v) is 20.2. The summed E-state index contributed by atoms with van der Waals surface area (Å²) >= 11 is 1.70. The van der Waals surface area contributed by atoms with Gasteiger partial charge in [0.1, 0.15) is 20.5 Å². The van der Waals surface area contributed by atoms with Crippen LogP contribution in [0.5, 0.6) is 0 Å². The molecular weight excluding hydrogens is 899 g/mol. The highest BCUT2D eigenvalue weighted by atomic mass is 32.3. The molecule has 0 radical (unpaired) electrons. The number of benzene rings is 2. The van der Waals surface area contributed by atoms with Gasteiger partial charge < -0.3 is 20.4 Å². The number of nitrogens with one attached hydrogen (secondary N) is 3. The molecule has 4 heterocycles. The van der Waals surface area contributed by atoms with Crippen molar-refractivity contribution in [3.05, 3.63) is 83.9 Å². The van der Waals surface area contributed by atoms with Crippen molar-refractivity contribution in [2.45, 2.75) is 65.5 Å². The molecule has 2 saturated heterocycles. The van der Waals surface area contributed by atoms with Gasteiger partial charge in [-0.3, -0.25) is 14.4 Å². The number of hydrogen-bond acceptors (Lipinski definition) is 10. The molecule has 332 valence electrons. The van der Waals surface area contributed by atoms with Crippen LogP contribution in [0.2, 0.25) is 0 Å². The van der Waals surface area contributed by atoms with E-state index in [1.165, 1.54) is 55.5 Å². The summed E-state index contributed by atoms with van der Waals surface area (Å²) in [5.41, 5.74) is -0.751. The highest BCUT2D eigenvalue weighted by Gasteiger charge is 2.37. The van der Waals surface area contributed by atoms with Crippen molar-refractivity contribution in [2.75, 3.05) is 26.2 Å². The molecule has 2 aromatic heterocycles. The monoisotopic (exact) mass is 938 g/mol. The van der Waals surface area contributed by atoms with Crippen molar-refractivity contribution in [3.63, 3.8) is 0 Å². The maximum Gasteiger partial charge on any atom is 0.416 e. The highest BCUT2D eigenvalue weighted by Crippen LogP contribution is 2.36. The average Bonchev–Trinajstić information content (AvgIpc) is 3.92. The molecule has 0 spiro atoms. The first kappa shape index (κ1) is 47.7. The summed E-state index contributed by atoms with van der Waals surface area (Å²) < 4.78 is 132. The molecule has 2 aliphatic heterocycles. The first-order valence-corrected chi connectivity index (χ1v) is 23.1. The highest BCUT2D eigenvalue weighted by molar-refractivity contribution is 7.92. The normalized spacial score (nSPS) is 16.9. The van der Waals surface area contributed by atoms with Crippen molar-refractivity contribution in [3.8, 4) is 20.9 Å². The Hall–Kier alpha value is -4.39. The van der Waals surface area contributed by atoms with E-state index in [9.17, 15) is 67.8 Å². The summed E-state index contributed by atoms with van der Waals surface area (Å²) in [4.78, 5) is 37.3. The second-order valence-electron chi connectivity index (χ2n) is 14.2. The Morgan fingerprint density at radius 3 is 1.33 bits per heavy atom. The predicted molar refractivity (Wildman–Crippen MR) is 214 cm³/mol. The zero-order chi connectivity index (χ0) is 44.9. The fraction of sp³-hybridized carbons (Fsp3) is 0.395. The molecule has 0 bridgehead atoms. The number of sulfonamides is 2. The third-order valence-electron chi connectivity index (χ3n) is 10.1. The number of carbonyl (C=O) groups is 3. The van der Waals surface area contributed by atoms with E-state index in [4.69, 9.17) is 0 Å². The van der Waals surface area contributed by atoms with Gasteiger partial charge in [0.05, 0.1) is 11.1 Å². The lowest BCUT2D eigenvalue weighted by atomic mass is 9.90. The lowest BCUT2D eigenvalue weighted by molar-refractivity contribution is -0.142. The number of rotatable bonds is 12. The Morgan fingerprint density at radius 2 is 1.00 bits per heavy atom. The van der Waals surface area contributed by atoms with Gasteiger partial charge in [0.25, 0.3) is 20.0 Å². The number of hydrogen-bond donors (Lipinski definition) is 5. The van der Waals surface area contributed by atoms with E-state index in [0.29, 0.717) is 72.7 Å². The minimum absolute atomic E-state index is 0.0902. The number of amides is 1. The van der Waals surface area contributed by atoms with Crippen molar-refractivity contribution in [2.24, 2.45) is 11.8 Å². The Balaban J connectivity index is 0.000000232. The molecule has 1 amide bonds. The third kappa shape index (κ3) is 12.4. The molecule has 0 aliphatic carbocycles. The first-order chi connectivity index (χ1) is 28.5. The van der Waals surface area contributed by atoms with Gasteiger partial charge in [0.15, 0.2) is 0 Å². The van der Waals surface area contributed by atoms with Gasteiger partial charge in [-0.15, -0.1) is 22.7 Å². The van der Waals surface area contributed by atoms with E-state index in [-0.39, 0.29) is 20.2 Å². The lowest BCUT2D eigenvalue weighted by Gasteiger charge is -2.34. The number of halogens is 6. The molecule has 23 heteroatoms. The molecular formula is C38H40F6N4O9S4. The fourth-order valence-electron chi connectivity index (χ4n) is 6.76. The van der Waals surface area contributed by atoms with Gasteiger partial charge in [-0.1, -0.05) is 24.3 Å². The van der Waals surface area contributed by atoms with E-state index in [1.54, 1.807) is 4.90 Å². The number of carbonyl (C=O) groups excluding carboxylic acids is 1. The van der Waals surface area contributed by atoms with Crippen LogP contribution in [0.4, 0.5) is 26.3 Å². The zero-order valence-electron chi connectivity index (χ0n) is 32.0. The third-order valence-corrected chi connectivity index (χ3v) is 16.2. The summed E-state index contributed by atoms with van der Waals surface area (Å²) in [7, 11) is -8.26. The maximum atomic E-state index is 12.8. The van der Waals surface area contributed by atoms with E-state index in [0.717, 1.165) is 46.9 Å².